The molecule has 1 aliphatic rings. The second kappa shape index (κ2) is 6.13. The number of anilines is 1. The summed E-state index contributed by atoms with van der Waals surface area (Å²) in [6.45, 7) is 1.27. The van der Waals surface area contributed by atoms with Gasteiger partial charge in [0.15, 0.2) is 0 Å². The molecule has 1 amide bonds. The van der Waals surface area contributed by atoms with E-state index in [-0.39, 0.29) is 22.7 Å². The Morgan fingerprint density at radius 3 is 2.89 bits per heavy atom. The summed E-state index contributed by atoms with van der Waals surface area (Å²) in [5.41, 5.74) is 0. The summed E-state index contributed by atoms with van der Waals surface area (Å²) >= 11 is 17.9. The molecule has 8 heteroatoms. The molecule has 2 rings (SSSR count). The lowest BCUT2D eigenvalue weighted by Crippen LogP contribution is -2.53. The van der Waals surface area contributed by atoms with Crippen LogP contribution in [0.5, 0.6) is 0 Å². The van der Waals surface area contributed by atoms with Crippen LogP contribution in [-0.2, 0) is 9.53 Å². The number of rotatable bonds is 2. The number of nitrogens with zero attached hydrogens (tertiary/aromatic N) is 2. The lowest BCUT2D eigenvalue weighted by molar-refractivity contribution is -0.124. The number of likely N-dealkylation sites (N-methyl/N-ethyl adjacent to an activating group) is 1. The Bertz CT molecular complexity index is 498. The van der Waals surface area contributed by atoms with Gasteiger partial charge in [0.1, 0.15) is 17.0 Å². The lowest BCUT2D eigenvalue weighted by Gasteiger charge is -2.35. The maximum absolute atomic E-state index is 11.9. The number of ether oxygens (including phenoxy) is 1. The van der Waals surface area contributed by atoms with Gasteiger partial charge in [-0.3, -0.25) is 4.79 Å². The third-order valence-electron chi connectivity index (χ3n) is 2.82. The molecule has 1 unspecified atom stereocenters. The van der Waals surface area contributed by atoms with Crippen LogP contribution >= 0.6 is 34.8 Å². The van der Waals surface area contributed by atoms with E-state index in [0.717, 1.165) is 0 Å². The molecule has 0 spiro atoms. The maximum atomic E-state index is 11.9. The van der Waals surface area contributed by atoms with Crippen molar-refractivity contribution in [2.45, 2.75) is 6.04 Å². The smallest absolute Gasteiger partial charge is 0.244 e. The SMILES string of the molecule is CNC(=O)C1COCCN1c1nc(Cl)c(Cl)cc1Cl. The monoisotopic (exact) mass is 323 g/mol. The summed E-state index contributed by atoms with van der Waals surface area (Å²) in [6, 6.07) is 1.03. The minimum Gasteiger partial charge on any atom is -0.377 e. The van der Waals surface area contributed by atoms with Crippen LogP contribution in [0.1, 0.15) is 0 Å². The molecule has 2 heterocycles. The number of halogens is 3. The number of nitrogens with one attached hydrogen (secondary N) is 1. The van der Waals surface area contributed by atoms with E-state index in [2.05, 4.69) is 10.3 Å². The van der Waals surface area contributed by atoms with E-state index in [1.165, 1.54) is 6.07 Å². The molecule has 5 nitrogen and oxygen atoms in total. The molecule has 1 aromatic rings. The van der Waals surface area contributed by atoms with Crippen molar-refractivity contribution in [2.24, 2.45) is 0 Å². The van der Waals surface area contributed by atoms with E-state index in [4.69, 9.17) is 39.5 Å². The van der Waals surface area contributed by atoms with Gasteiger partial charge in [0.05, 0.1) is 23.3 Å². The minimum absolute atomic E-state index is 0.156. The molecule has 0 bridgehead atoms. The quantitative estimate of drug-likeness (QED) is 0.845. The highest BCUT2D eigenvalue weighted by atomic mass is 35.5. The molecule has 104 valence electrons. The standard InChI is InChI=1S/C11H12Cl3N3O2/c1-15-11(18)8-5-19-3-2-17(8)10-7(13)4-6(12)9(14)16-10/h4,8H,2-3,5H2,1H3,(H,15,18). The molecule has 1 aromatic heterocycles. The summed E-state index contributed by atoms with van der Waals surface area (Å²) in [7, 11) is 1.57. The first-order valence-electron chi connectivity index (χ1n) is 5.62. The summed E-state index contributed by atoms with van der Waals surface area (Å²) in [5.74, 6) is 0.275. The van der Waals surface area contributed by atoms with Gasteiger partial charge in [-0.15, -0.1) is 0 Å². The largest absolute Gasteiger partial charge is 0.377 e. The Kier molecular flexibility index (Phi) is 4.73. The van der Waals surface area contributed by atoms with Gasteiger partial charge in [-0.1, -0.05) is 34.8 Å². The third-order valence-corrected chi connectivity index (χ3v) is 3.77. The van der Waals surface area contributed by atoms with Crippen molar-refractivity contribution in [3.8, 4) is 0 Å². The Morgan fingerprint density at radius 2 is 2.21 bits per heavy atom. The van der Waals surface area contributed by atoms with Gasteiger partial charge in [0.25, 0.3) is 0 Å². The highest BCUT2D eigenvalue weighted by Crippen LogP contribution is 2.32. The zero-order valence-corrected chi connectivity index (χ0v) is 12.4. The molecule has 0 saturated carbocycles. The first kappa shape index (κ1) is 14.7. The molecule has 0 radical (unpaired) electrons. The van der Waals surface area contributed by atoms with Gasteiger partial charge in [0, 0.05) is 13.6 Å². The van der Waals surface area contributed by atoms with Crippen LogP contribution in [0.25, 0.3) is 0 Å². The number of aromatic nitrogens is 1. The second-order valence-electron chi connectivity index (χ2n) is 3.96. The molecule has 1 aliphatic heterocycles. The van der Waals surface area contributed by atoms with E-state index in [1.54, 1.807) is 11.9 Å². The highest BCUT2D eigenvalue weighted by molar-refractivity contribution is 6.43. The fourth-order valence-corrected chi connectivity index (χ4v) is 2.48. The van der Waals surface area contributed by atoms with E-state index < -0.39 is 6.04 Å². The summed E-state index contributed by atoms with van der Waals surface area (Å²) < 4.78 is 5.32. The molecular formula is C11H12Cl3N3O2. The Morgan fingerprint density at radius 1 is 1.47 bits per heavy atom. The van der Waals surface area contributed by atoms with Crippen LogP contribution < -0.4 is 10.2 Å². The average molecular weight is 325 g/mol. The summed E-state index contributed by atoms with van der Waals surface area (Å²) in [6.07, 6.45) is 0. The van der Waals surface area contributed by atoms with Crippen molar-refractivity contribution in [1.82, 2.24) is 10.3 Å². The van der Waals surface area contributed by atoms with Gasteiger partial charge in [-0.2, -0.15) is 0 Å². The number of carbonyl (C=O) groups is 1. The fraction of sp³-hybridized carbons (Fsp3) is 0.455. The predicted molar refractivity (Wildman–Crippen MR) is 75.3 cm³/mol. The minimum atomic E-state index is -0.485. The van der Waals surface area contributed by atoms with E-state index in [9.17, 15) is 4.79 Å². The summed E-state index contributed by atoms with van der Waals surface area (Å²) in [4.78, 5) is 17.8. The second-order valence-corrected chi connectivity index (χ2v) is 5.14. The Labute approximate surface area is 125 Å². The van der Waals surface area contributed by atoms with Crippen LogP contribution in [0.4, 0.5) is 5.82 Å². The van der Waals surface area contributed by atoms with E-state index in [1.807, 2.05) is 0 Å². The fourth-order valence-electron chi connectivity index (χ4n) is 1.88. The normalized spacial score (nSPS) is 19.4. The van der Waals surface area contributed by atoms with Gasteiger partial charge in [-0.05, 0) is 6.07 Å². The van der Waals surface area contributed by atoms with Gasteiger partial charge >= 0.3 is 0 Å². The molecule has 1 fully saturated rings. The van der Waals surface area contributed by atoms with Crippen LogP contribution in [-0.4, -0.2) is 43.7 Å². The topological polar surface area (TPSA) is 54.5 Å². The molecule has 1 N–H and O–H groups in total. The number of hydrogen-bond acceptors (Lipinski definition) is 4. The average Bonchev–Trinajstić information content (AvgIpc) is 2.42. The zero-order chi connectivity index (χ0) is 14.0. The van der Waals surface area contributed by atoms with Crippen molar-refractivity contribution in [1.29, 1.82) is 0 Å². The molecule has 0 aliphatic carbocycles. The van der Waals surface area contributed by atoms with E-state index >= 15 is 0 Å². The molecule has 1 atom stereocenters. The third kappa shape index (κ3) is 3.05. The summed E-state index contributed by atoms with van der Waals surface area (Å²) in [5, 5.41) is 3.38. The lowest BCUT2D eigenvalue weighted by atomic mass is 10.2. The zero-order valence-electron chi connectivity index (χ0n) is 10.1. The van der Waals surface area contributed by atoms with Crippen LogP contribution in [0.3, 0.4) is 0 Å². The van der Waals surface area contributed by atoms with Crippen molar-refractivity contribution in [3.05, 3.63) is 21.3 Å². The number of morpholine rings is 1. The van der Waals surface area contributed by atoms with Gasteiger partial charge < -0.3 is 15.0 Å². The van der Waals surface area contributed by atoms with Crippen LogP contribution in [0.2, 0.25) is 15.2 Å². The van der Waals surface area contributed by atoms with Crippen molar-refractivity contribution < 1.29 is 9.53 Å². The Balaban J connectivity index is 2.37. The van der Waals surface area contributed by atoms with Crippen LogP contribution in [0, 0.1) is 0 Å². The maximum Gasteiger partial charge on any atom is 0.244 e. The van der Waals surface area contributed by atoms with Crippen LogP contribution in [0.15, 0.2) is 6.07 Å². The van der Waals surface area contributed by atoms with E-state index in [0.29, 0.717) is 24.0 Å². The molecular weight excluding hydrogens is 312 g/mol. The number of pyridine rings is 1. The van der Waals surface area contributed by atoms with Crippen molar-refractivity contribution >= 4 is 46.5 Å². The van der Waals surface area contributed by atoms with Gasteiger partial charge in [-0.25, -0.2) is 4.98 Å². The molecule has 0 aromatic carbocycles. The van der Waals surface area contributed by atoms with Gasteiger partial charge in [0.2, 0.25) is 5.91 Å². The van der Waals surface area contributed by atoms with Crippen molar-refractivity contribution in [3.63, 3.8) is 0 Å². The Hall–Kier alpha value is -0.750. The molecule has 1 saturated heterocycles. The first-order chi connectivity index (χ1) is 9.04. The number of carbonyl (C=O) groups excluding carboxylic acids is 1. The highest BCUT2D eigenvalue weighted by Gasteiger charge is 2.31. The first-order valence-corrected chi connectivity index (χ1v) is 6.75. The van der Waals surface area contributed by atoms with Crippen molar-refractivity contribution in [2.75, 3.05) is 31.7 Å². The number of hydrogen-bond donors (Lipinski definition) is 1. The molecule has 19 heavy (non-hydrogen) atoms. The predicted octanol–water partition coefficient (Wildman–Crippen LogP) is 1.99. The number of amides is 1.